The Labute approximate surface area is 156 Å². The summed E-state index contributed by atoms with van der Waals surface area (Å²) in [5, 5.41) is 9.37. The fraction of sp³-hybridized carbons (Fsp3) is 0.211. The lowest BCUT2D eigenvalue weighted by molar-refractivity contribution is 0.338. The molecule has 0 bridgehead atoms. The predicted molar refractivity (Wildman–Crippen MR) is 102 cm³/mol. The number of nitrogens with one attached hydrogen (secondary N) is 1. The van der Waals surface area contributed by atoms with Gasteiger partial charge >= 0.3 is 0 Å². The number of anilines is 1. The molecule has 0 atom stereocenters. The van der Waals surface area contributed by atoms with Crippen LogP contribution in [-0.4, -0.2) is 22.9 Å². The van der Waals surface area contributed by atoms with Crippen LogP contribution in [0, 0.1) is 0 Å². The third-order valence-electron chi connectivity index (χ3n) is 4.24. The molecule has 2 aromatic carbocycles. The number of ether oxygens (including phenoxy) is 1. The van der Waals surface area contributed by atoms with Crippen LogP contribution >= 0.6 is 23.2 Å². The monoisotopic (exact) mass is 373 g/mol. The van der Waals surface area contributed by atoms with Crippen molar-refractivity contribution in [1.82, 2.24) is 9.78 Å². The van der Waals surface area contributed by atoms with Gasteiger partial charge in [-0.2, -0.15) is 5.10 Å². The quantitative estimate of drug-likeness (QED) is 0.681. The molecule has 0 aliphatic carbocycles. The maximum absolute atomic E-state index is 6.20. The third-order valence-corrected chi connectivity index (χ3v) is 4.98. The first kappa shape index (κ1) is 16.3. The van der Waals surface area contributed by atoms with Crippen molar-refractivity contribution in [2.45, 2.75) is 13.3 Å². The smallest absolute Gasteiger partial charge is 0.145 e. The van der Waals surface area contributed by atoms with Crippen molar-refractivity contribution in [1.29, 1.82) is 0 Å². The summed E-state index contributed by atoms with van der Waals surface area (Å²) in [6.07, 6.45) is 0.918. The molecule has 0 unspecified atom stereocenters. The van der Waals surface area contributed by atoms with Crippen LogP contribution in [0.4, 0.5) is 5.82 Å². The third kappa shape index (κ3) is 2.86. The van der Waals surface area contributed by atoms with Crippen LogP contribution < -0.4 is 10.1 Å². The van der Waals surface area contributed by atoms with Gasteiger partial charge in [0.25, 0.3) is 0 Å². The Hall–Kier alpha value is -2.17. The molecular weight excluding hydrogens is 357 g/mol. The van der Waals surface area contributed by atoms with E-state index in [1.807, 2.05) is 48.0 Å². The molecule has 0 saturated heterocycles. The van der Waals surface area contributed by atoms with Gasteiger partial charge in [-0.15, -0.1) is 0 Å². The standard InChI is InChI=1S/C19H17Cl2N3O/c1-2-25-17-6-4-3-5-16(17)24-19-13(9-10-22-19)18(23-24)12-7-8-14(20)15(21)11-12/h3-8,11,22H,2,9-10H2,1H3. The van der Waals surface area contributed by atoms with E-state index in [9.17, 15) is 0 Å². The SMILES string of the molecule is CCOc1ccccc1-n1nc(-c2ccc(Cl)c(Cl)c2)c2c1NCC2. The van der Waals surface area contributed by atoms with Crippen molar-refractivity contribution in [3.8, 4) is 22.7 Å². The highest BCUT2D eigenvalue weighted by atomic mass is 35.5. The van der Waals surface area contributed by atoms with Crippen LogP contribution in [-0.2, 0) is 6.42 Å². The summed E-state index contributed by atoms with van der Waals surface area (Å²) < 4.78 is 7.70. The highest BCUT2D eigenvalue weighted by Gasteiger charge is 2.25. The number of para-hydroxylation sites is 2. The molecule has 6 heteroatoms. The molecule has 128 valence electrons. The first-order valence-corrected chi connectivity index (χ1v) is 8.98. The Bertz CT molecular complexity index is 936. The van der Waals surface area contributed by atoms with Gasteiger partial charge in [-0.3, -0.25) is 0 Å². The number of benzene rings is 2. The molecule has 1 aromatic heterocycles. The van der Waals surface area contributed by atoms with E-state index in [0.29, 0.717) is 16.7 Å². The number of halogens is 2. The van der Waals surface area contributed by atoms with Gasteiger partial charge in [0.1, 0.15) is 17.3 Å². The van der Waals surface area contributed by atoms with Gasteiger partial charge in [-0.25, -0.2) is 4.68 Å². The zero-order valence-corrected chi connectivity index (χ0v) is 15.2. The van der Waals surface area contributed by atoms with Crippen molar-refractivity contribution in [3.63, 3.8) is 0 Å². The minimum absolute atomic E-state index is 0.531. The van der Waals surface area contributed by atoms with Gasteiger partial charge in [0.05, 0.1) is 22.3 Å². The largest absolute Gasteiger partial charge is 0.492 e. The first-order chi connectivity index (χ1) is 12.2. The van der Waals surface area contributed by atoms with Crippen LogP contribution in [0.2, 0.25) is 10.0 Å². The number of hydrogen-bond donors (Lipinski definition) is 1. The fourth-order valence-corrected chi connectivity index (χ4v) is 3.43. The van der Waals surface area contributed by atoms with Crippen molar-refractivity contribution in [2.24, 2.45) is 0 Å². The summed E-state index contributed by atoms with van der Waals surface area (Å²) in [5.41, 5.74) is 3.98. The molecule has 3 aromatic rings. The minimum Gasteiger partial charge on any atom is -0.492 e. The minimum atomic E-state index is 0.531. The van der Waals surface area contributed by atoms with Crippen molar-refractivity contribution in [3.05, 3.63) is 58.1 Å². The Kier molecular flexibility index (Phi) is 4.32. The molecule has 0 amide bonds. The second kappa shape index (κ2) is 6.62. The van der Waals surface area contributed by atoms with Crippen LogP contribution in [0.15, 0.2) is 42.5 Å². The molecule has 0 fully saturated rings. The number of hydrogen-bond acceptors (Lipinski definition) is 3. The second-order valence-corrected chi connectivity index (χ2v) is 6.61. The lowest BCUT2D eigenvalue weighted by Crippen LogP contribution is -2.06. The zero-order valence-electron chi connectivity index (χ0n) is 13.7. The number of nitrogens with zero attached hydrogens (tertiary/aromatic N) is 2. The van der Waals surface area contributed by atoms with Gasteiger partial charge in [-0.05, 0) is 37.6 Å². The van der Waals surface area contributed by atoms with E-state index >= 15 is 0 Å². The lowest BCUT2D eigenvalue weighted by Gasteiger charge is -2.12. The van der Waals surface area contributed by atoms with Crippen molar-refractivity contribution >= 4 is 29.0 Å². The van der Waals surface area contributed by atoms with E-state index in [1.165, 1.54) is 5.56 Å². The van der Waals surface area contributed by atoms with Crippen LogP contribution in [0.25, 0.3) is 16.9 Å². The van der Waals surface area contributed by atoms with E-state index < -0.39 is 0 Å². The predicted octanol–water partition coefficient (Wildman–Crippen LogP) is 5.21. The highest BCUT2D eigenvalue weighted by molar-refractivity contribution is 6.42. The van der Waals surface area contributed by atoms with Crippen LogP contribution in [0.3, 0.4) is 0 Å². The second-order valence-electron chi connectivity index (χ2n) is 5.79. The number of fused-ring (bicyclic) bond motifs is 1. The summed E-state index contributed by atoms with van der Waals surface area (Å²) in [7, 11) is 0. The Balaban J connectivity index is 1.88. The van der Waals surface area contributed by atoms with E-state index in [1.54, 1.807) is 6.07 Å². The maximum Gasteiger partial charge on any atom is 0.145 e. The van der Waals surface area contributed by atoms with Crippen molar-refractivity contribution < 1.29 is 4.74 Å². The molecule has 4 rings (SSSR count). The fourth-order valence-electron chi connectivity index (χ4n) is 3.13. The van der Waals surface area contributed by atoms with Gasteiger partial charge in [0.2, 0.25) is 0 Å². The van der Waals surface area contributed by atoms with Crippen LogP contribution in [0.1, 0.15) is 12.5 Å². The van der Waals surface area contributed by atoms with Gasteiger partial charge < -0.3 is 10.1 Å². The average Bonchev–Trinajstić information content (AvgIpc) is 3.21. The Morgan fingerprint density at radius 3 is 2.80 bits per heavy atom. The van der Waals surface area contributed by atoms with E-state index in [-0.39, 0.29) is 0 Å². The van der Waals surface area contributed by atoms with E-state index in [2.05, 4.69) is 5.32 Å². The topological polar surface area (TPSA) is 39.1 Å². The molecule has 4 nitrogen and oxygen atoms in total. The lowest BCUT2D eigenvalue weighted by atomic mass is 10.1. The Morgan fingerprint density at radius 1 is 1.16 bits per heavy atom. The van der Waals surface area contributed by atoms with Gasteiger partial charge in [0.15, 0.2) is 0 Å². The summed E-state index contributed by atoms with van der Waals surface area (Å²) in [6, 6.07) is 13.5. The first-order valence-electron chi connectivity index (χ1n) is 8.22. The molecule has 0 saturated carbocycles. The molecular formula is C19H17Cl2N3O. The molecule has 25 heavy (non-hydrogen) atoms. The number of rotatable bonds is 4. The van der Waals surface area contributed by atoms with Gasteiger partial charge in [0, 0.05) is 17.7 Å². The average molecular weight is 374 g/mol. The Morgan fingerprint density at radius 2 is 2.00 bits per heavy atom. The zero-order chi connectivity index (χ0) is 17.4. The molecule has 0 radical (unpaired) electrons. The van der Waals surface area contributed by atoms with Crippen molar-refractivity contribution in [2.75, 3.05) is 18.5 Å². The van der Waals surface area contributed by atoms with E-state index in [0.717, 1.165) is 41.5 Å². The summed E-state index contributed by atoms with van der Waals surface area (Å²) in [4.78, 5) is 0. The summed E-state index contributed by atoms with van der Waals surface area (Å²) >= 11 is 12.3. The summed E-state index contributed by atoms with van der Waals surface area (Å²) in [6.45, 7) is 3.47. The molecule has 0 spiro atoms. The molecule has 1 aliphatic heterocycles. The maximum atomic E-state index is 6.20. The molecule has 1 aliphatic rings. The highest BCUT2D eigenvalue weighted by Crippen LogP contribution is 2.38. The number of aromatic nitrogens is 2. The summed E-state index contributed by atoms with van der Waals surface area (Å²) in [5.74, 6) is 1.82. The molecule has 1 N–H and O–H groups in total. The van der Waals surface area contributed by atoms with Crippen LogP contribution in [0.5, 0.6) is 5.75 Å². The van der Waals surface area contributed by atoms with E-state index in [4.69, 9.17) is 33.0 Å². The van der Waals surface area contributed by atoms with Gasteiger partial charge in [-0.1, -0.05) is 41.4 Å². The molecule has 2 heterocycles. The normalized spacial score (nSPS) is 12.8.